The van der Waals surface area contributed by atoms with Gasteiger partial charge in [-0.05, 0) is 29.7 Å². The second kappa shape index (κ2) is 6.77. The van der Waals surface area contributed by atoms with Gasteiger partial charge in [-0.15, -0.1) is 11.3 Å². The molecule has 0 bridgehead atoms. The van der Waals surface area contributed by atoms with E-state index in [4.69, 9.17) is 0 Å². The molecule has 6 nitrogen and oxygen atoms in total. The van der Waals surface area contributed by atoms with Gasteiger partial charge >= 0.3 is 0 Å². The molecule has 2 heterocycles. The van der Waals surface area contributed by atoms with Gasteiger partial charge in [-0.1, -0.05) is 31.2 Å². The normalized spacial score (nSPS) is 11.0. The second-order valence-electron chi connectivity index (χ2n) is 6.06. The number of benzene rings is 2. The van der Waals surface area contributed by atoms with Crippen LogP contribution in [0.15, 0.2) is 53.9 Å². The van der Waals surface area contributed by atoms with Crippen LogP contribution in [0.3, 0.4) is 0 Å². The van der Waals surface area contributed by atoms with Crippen molar-refractivity contribution < 1.29 is 9.72 Å². The molecule has 0 aliphatic heterocycles. The number of rotatable bonds is 5. The zero-order valence-corrected chi connectivity index (χ0v) is 15.3. The van der Waals surface area contributed by atoms with Crippen molar-refractivity contribution >= 4 is 28.3 Å². The highest BCUT2D eigenvalue weighted by Gasteiger charge is 2.19. The van der Waals surface area contributed by atoms with E-state index in [0.29, 0.717) is 21.9 Å². The lowest BCUT2D eigenvalue weighted by molar-refractivity contribution is -0.384. The third-order valence-electron chi connectivity index (χ3n) is 4.52. The Balaban J connectivity index is 1.85. The number of nitrogens with zero attached hydrogens (tertiary/aromatic N) is 3. The molecule has 0 aliphatic carbocycles. The summed E-state index contributed by atoms with van der Waals surface area (Å²) in [7, 11) is 0. The van der Waals surface area contributed by atoms with Crippen molar-refractivity contribution in [3.8, 4) is 22.5 Å². The number of aromatic nitrogens is 2. The maximum atomic E-state index is 11.9. The van der Waals surface area contributed by atoms with Crippen LogP contribution in [0.1, 0.15) is 23.0 Å². The Morgan fingerprint density at radius 1 is 1.11 bits per heavy atom. The number of carbonyl (C=O) groups excluding carboxylic acids is 1. The number of nitro benzene ring substituents is 1. The third-order valence-corrected chi connectivity index (χ3v) is 5.35. The van der Waals surface area contributed by atoms with E-state index < -0.39 is 4.92 Å². The van der Waals surface area contributed by atoms with Crippen molar-refractivity contribution in [3.05, 3.63) is 75.3 Å². The highest BCUT2D eigenvalue weighted by Crippen LogP contribution is 2.33. The number of fused-ring (bicyclic) bond motifs is 1. The maximum absolute atomic E-state index is 11.9. The standard InChI is InChI=1S/C20H15N3O3S/c1-2-13-3-5-14(6-4-13)18-12-27-20-21-19(17(11-24)22(18)20)15-7-9-16(10-8-15)23(25)26/h3-12H,2H2,1H3. The van der Waals surface area contributed by atoms with Crippen LogP contribution in [0.5, 0.6) is 0 Å². The first-order chi connectivity index (χ1) is 13.1. The number of aldehydes is 1. The van der Waals surface area contributed by atoms with Crippen LogP contribution in [0, 0.1) is 10.1 Å². The summed E-state index contributed by atoms with van der Waals surface area (Å²) >= 11 is 1.46. The molecule has 27 heavy (non-hydrogen) atoms. The zero-order chi connectivity index (χ0) is 19.0. The van der Waals surface area contributed by atoms with Gasteiger partial charge in [0.1, 0.15) is 11.4 Å². The Labute approximate surface area is 158 Å². The van der Waals surface area contributed by atoms with E-state index in [1.54, 1.807) is 12.1 Å². The fourth-order valence-corrected chi connectivity index (χ4v) is 3.96. The quantitative estimate of drug-likeness (QED) is 0.278. The van der Waals surface area contributed by atoms with Gasteiger partial charge in [0.05, 0.1) is 10.6 Å². The first kappa shape index (κ1) is 17.1. The Bertz CT molecular complexity index is 1140. The molecular formula is C20H15N3O3S. The van der Waals surface area contributed by atoms with Gasteiger partial charge < -0.3 is 0 Å². The monoisotopic (exact) mass is 377 g/mol. The lowest BCUT2D eigenvalue weighted by Gasteiger charge is -2.04. The fraction of sp³-hybridized carbons (Fsp3) is 0.100. The minimum absolute atomic E-state index is 0.00382. The molecule has 0 fully saturated rings. The van der Waals surface area contributed by atoms with Gasteiger partial charge in [-0.25, -0.2) is 4.98 Å². The predicted molar refractivity (Wildman–Crippen MR) is 105 cm³/mol. The Kier molecular flexibility index (Phi) is 4.29. The van der Waals surface area contributed by atoms with E-state index in [0.717, 1.165) is 24.0 Å². The van der Waals surface area contributed by atoms with Gasteiger partial charge in [-0.2, -0.15) is 0 Å². The summed E-state index contributed by atoms with van der Waals surface area (Å²) < 4.78 is 1.84. The first-order valence-corrected chi connectivity index (χ1v) is 9.29. The highest BCUT2D eigenvalue weighted by atomic mass is 32.1. The van der Waals surface area contributed by atoms with E-state index in [9.17, 15) is 14.9 Å². The van der Waals surface area contributed by atoms with Crippen LogP contribution in [-0.4, -0.2) is 20.6 Å². The summed E-state index contributed by atoms with van der Waals surface area (Å²) in [6.07, 6.45) is 1.75. The summed E-state index contributed by atoms with van der Waals surface area (Å²) in [4.78, 5) is 27.6. The van der Waals surface area contributed by atoms with Crippen LogP contribution >= 0.6 is 11.3 Å². The molecule has 0 spiro atoms. The van der Waals surface area contributed by atoms with Gasteiger partial charge in [0.2, 0.25) is 0 Å². The molecule has 134 valence electrons. The Morgan fingerprint density at radius 2 is 1.78 bits per heavy atom. The van der Waals surface area contributed by atoms with E-state index in [1.165, 1.54) is 29.0 Å². The highest BCUT2D eigenvalue weighted by molar-refractivity contribution is 7.15. The SMILES string of the molecule is CCc1ccc(-c2csc3nc(-c4ccc([N+](=O)[O-])cc4)c(C=O)n23)cc1. The van der Waals surface area contributed by atoms with Crippen molar-refractivity contribution in [3.63, 3.8) is 0 Å². The molecule has 0 N–H and O–H groups in total. The zero-order valence-electron chi connectivity index (χ0n) is 14.5. The van der Waals surface area contributed by atoms with E-state index in [2.05, 4.69) is 24.0 Å². The smallest absolute Gasteiger partial charge is 0.269 e. The topological polar surface area (TPSA) is 77.5 Å². The number of aryl methyl sites for hydroxylation is 1. The van der Waals surface area contributed by atoms with Crippen molar-refractivity contribution in [2.45, 2.75) is 13.3 Å². The van der Waals surface area contributed by atoms with Crippen molar-refractivity contribution in [1.82, 2.24) is 9.38 Å². The average molecular weight is 377 g/mol. The van der Waals surface area contributed by atoms with Gasteiger partial charge in [0.25, 0.3) is 5.69 Å². The van der Waals surface area contributed by atoms with Gasteiger partial charge in [0, 0.05) is 23.1 Å². The molecule has 2 aromatic carbocycles. The summed E-state index contributed by atoms with van der Waals surface area (Å²) in [6.45, 7) is 2.11. The van der Waals surface area contributed by atoms with Crippen molar-refractivity contribution in [2.24, 2.45) is 0 Å². The van der Waals surface area contributed by atoms with Crippen LogP contribution in [0.2, 0.25) is 0 Å². The molecular weight excluding hydrogens is 362 g/mol. The fourth-order valence-electron chi connectivity index (χ4n) is 3.06. The second-order valence-corrected chi connectivity index (χ2v) is 6.89. The summed E-state index contributed by atoms with van der Waals surface area (Å²) in [6, 6.07) is 14.3. The molecule has 4 rings (SSSR count). The Hall–Kier alpha value is -3.32. The average Bonchev–Trinajstić information content (AvgIpc) is 3.27. The lowest BCUT2D eigenvalue weighted by atomic mass is 10.1. The summed E-state index contributed by atoms with van der Waals surface area (Å²) in [5.74, 6) is 0. The minimum atomic E-state index is -0.450. The van der Waals surface area contributed by atoms with Crippen molar-refractivity contribution in [1.29, 1.82) is 0 Å². The number of carbonyl (C=O) groups is 1. The van der Waals surface area contributed by atoms with Crippen LogP contribution in [0.4, 0.5) is 5.69 Å². The van der Waals surface area contributed by atoms with Crippen molar-refractivity contribution in [2.75, 3.05) is 0 Å². The van der Waals surface area contributed by atoms with Crippen LogP contribution in [-0.2, 0) is 6.42 Å². The number of imidazole rings is 1. The summed E-state index contributed by atoms with van der Waals surface area (Å²) in [5, 5.41) is 12.8. The largest absolute Gasteiger partial charge is 0.296 e. The number of hydrogen-bond donors (Lipinski definition) is 0. The lowest BCUT2D eigenvalue weighted by Crippen LogP contribution is -1.94. The molecule has 4 aromatic rings. The first-order valence-electron chi connectivity index (χ1n) is 8.41. The minimum Gasteiger partial charge on any atom is -0.296 e. The molecule has 0 aliphatic rings. The number of hydrogen-bond acceptors (Lipinski definition) is 5. The molecule has 0 saturated carbocycles. The van der Waals surface area contributed by atoms with E-state index in [1.807, 2.05) is 21.9 Å². The molecule has 0 atom stereocenters. The number of thiazole rings is 1. The molecule has 0 unspecified atom stereocenters. The van der Waals surface area contributed by atoms with Crippen LogP contribution in [0.25, 0.3) is 27.5 Å². The number of nitro groups is 1. The molecule has 0 amide bonds. The van der Waals surface area contributed by atoms with Crippen LogP contribution < -0.4 is 0 Å². The Morgan fingerprint density at radius 3 is 2.37 bits per heavy atom. The summed E-state index contributed by atoms with van der Waals surface area (Å²) in [5.41, 5.74) is 4.80. The molecule has 0 radical (unpaired) electrons. The van der Waals surface area contributed by atoms with E-state index >= 15 is 0 Å². The molecule has 2 aromatic heterocycles. The van der Waals surface area contributed by atoms with Gasteiger partial charge in [-0.3, -0.25) is 19.3 Å². The van der Waals surface area contributed by atoms with Gasteiger partial charge in [0.15, 0.2) is 11.2 Å². The third kappa shape index (κ3) is 2.92. The molecule has 7 heteroatoms. The number of non-ortho nitro benzene ring substituents is 1. The van der Waals surface area contributed by atoms with E-state index in [-0.39, 0.29) is 5.69 Å². The maximum Gasteiger partial charge on any atom is 0.269 e. The molecule has 0 saturated heterocycles. The predicted octanol–water partition coefficient (Wildman–Crippen LogP) is 5.01.